The van der Waals surface area contributed by atoms with Gasteiger partial charge in [-0.15, -0.1) is 0 Å². The predicted molar refractivity (Wildman–Crippen MR) is 156 cm³/mol. The largest absolute Gasteiger partial charge is 0.496 e. The van der Waals surface area contributed by atoms with Crippen LogP contribution in [0.1, 0.15) is 79.5 Å². The first-order chi connectivity index (χ1) is 19.7. The zero-order valence-corrected chi connectivity index (χ0v) is 25.1. The van der Waals surface area contributed by atoms with Gasteiger partial charge >= 0.3 is 12.1 Å². The van der Waals surface area contributed by atoms with Crippen LogP contribution in [-0.4, -0.2) is 53.8 Å². The number of anilines is 1. The molecule has 3 aromatic rings. The van der Waals surface area contributed by atoms with Crippen molar-refractivity contribution in [1.29, 1.82) is 0 Å². The highest BCUT2D eigenvalue weighted by atomic mass is 19.3. The standard InChI is InChI=1S/C32H39F2N3O5/c1-19-13-26(40-5)23(21-9-11-37(27(19)21)29(39)42-30(2,3)4)16-36-12-10-31(17-32(33,34)18-31)15-25(36)20-7-8-22(24(35)14-20)28(38)41-6/h7-9,11,13-14,25H,10,12,15-18,35H2,1-6H3. The smallest absolute Gasteiger partial charge is 0.419 e. The second-order valence-electron chi connectivity index (χ2n) is 12.8. The molecule has 226 valence electrons. The quantitative estimate of drug-likeness (QED) is 0.259. The Labute approximate surface area is 244 Å². The molecule has 1 aliphatic carbocycles. The molecule has 2 aliphatic rings. The molecule has 2 N–H and O–H groups in total. The number of nitrogens with zero attached hydrogens (tertiary/aromatic N) is 2. The van der Waals surface area contributed by atoms with Crippen molar-refractivity contribution in [3.05, 3.63) is 58.8 Å². The van der Waals surface area contributed by atoms with Gasteiger partial charge in [0.2, 0.25) is 5.92 Å². The lowest BCUT2D eigenvalue weighted by Crippen LogP contribution is -2.53. The molecule has 5 rings (SSSR count). The van der Waals surface area contributed by atoms with Crippen LogP contribution in [0.15, 0.2) is 36.5 Å². The average molecular weight is 584 g/mol. The molecule has 1 spiro atoms. The van der Waals surface area contributed by atoms with E-state index in [1.165, 1.54) is 11.7 Å². The fourth-order valence-corrected chi connectivity index (χ4v) is 6.72. The van der Waals surface area contributed by atoms with Gasteiger partial charge in [-0.25, -0.2) is 18.4 Å². The van der Waals surface area contributed by atoms with Gasteiger partial charge in [0, 0.05) is 48.3 Å². The van der Waals surface area contributed by atoms with Crippen LogP contribution in [0, 0.1) is 12.3 Å². The molecule has 0 radical (unpaired) electrons. The van der Waals surface area contributed by atoms with E-state index in [1.54, 1.807) is 25.4 Å². The maximum Gasteiger partial charge on any atom is 0.419 e. The third kappa shape index (κ3) is 5.56. The molecular weight excluding hydrogens is 544 g/mol. The minimum Gasteiger partial charge on any atom is -0.496 e. The molecule has 2 fully saturated rings. The van der Waals surface area contributed by atoms with Gasteiger partial charge in [-0.2, -0.15) is 0 Å². The number of likely N-dealkylation sites (tertiary alicyclic amines) is 1. The first-order valence-electron chi connectivity index (χ1n) is 14.2. The van der Waals surface area contributed by atoms with Gasteiger partial charge in [0.25, 0.3) is 0 Å². The fourth-order valence-electron chi connectivity index (χ4n) is 6.72. The molecule has 1 saturated heterocycles. The molecule has 10 heteroatoms. The molecule has 0 amide bonds. The number of halogens is 2. The van der Waals surface area contributed by atoms with E-state index in [1.807, 2.05) is 45.9 Å². The molecule has 1 aliphatic heterocycles. The van der Waals surface area contributed by atoms with Gasteiger partial charge in [0.1, 0.15) is 11.4 Å². The molecule has 1 saturated carbocycles. The van der Waals surface area contributed by atoms with Gasteiger partial charge in [-0.1, -0.05) is 6.07 Å². The molecule has 42 heavy (non-hydrogen) atoms. The Bertz CT molecular complexity index is 1530. The molecular formula is C32H39F2N3O5. The van der Waals surface area contributed by atoms with Gasteiger partial charge in [-0.05, 0) is 87.9 Å². The van der Waals surface area contributed by atoms with Crippen molar-refractivity contribution < 1.29 is 32.6 Å². The summed E-state index contributed by atoms with van der Waals surface area (Å²) >= 11 is 0. The third-order valence-corrected chi connectivity index (χ3v) is 8.53. The van der Waals surface area contributed by atoms with Crippen LogP contribution >= 0.6 is 0 Å². The maximum absolute atomic E-state index is 14.1. The van der Waals surface area contributed by atoms with E-state index in [9.17, 15) is 18.4 Å². The molecule has 2 heterocycles. The first-order valence-corrected chi connectivity index (χ1v) is 14.2. The number of nitrogen functional groups attached to an aromatic ring is 1. The second kappa shape index (κ2) is 10.6. The topological polar surface area (TPSA) is 96.0 Å². The number of ether oxygens (including phenoxy) is 3. The van der Waals surface area contributed by atoms with Crippen molar-refractivity contribution in [2.75, 3.05) is 26.5 Å². The summed E-state index contributed by atoms with van der Waals surface area (Å²) in [4.78, 5) is 27.5. The number of aromatic nitrogens is 1. The number of alkyl halides is 2. The average Bonchev–Trinajstić information content (AvgIpc) is 3.34. The lowest BCUT2D eigenvalue weighted by Gasteiger charge is -2.54. The molecule has 8 nitrogen and oxygen atoms in total. The Morgan fingerprint density at radius 3 is 2.43 bits per heavy atom. The summed E-state index contributed by atoms with van der Waals surface area (Å²) in [6.45, 7) is 8.43. The highest BCUT2D eigenvalue weighted by molar-refractivity contribution is 5.96. The number of benzene rings is 2. The number of carbonyl (C=O) groups excluding carboxylic acids is 2. The van der Waals surface area contributed by atoms with Crippen molar-refractivity contribution in [3.8, 4) is 5.75 Å². The summed E-state index contributed by atoms with van der Waals surface area (Å²) < 4.78 is 46.1. The molecule has 1 atom stereocenters. The Balaban J connectivity index is 1.54. The number of methoxy groups -OCH3 is 2. The maximum atomic E-state index is 14.1. The highest BCUT2D eigenvalue weighted by Crippen LogP contribution is 2.60. The van der Waals surface area contributed by atoms with Crippen LogP contribution in [0.3, 0.4) is 0 Å². The predicted octanol–water partition coefficient (Wildman–Crippen LogP) is 6.86. The number of fused-ring (bicyclic) bond motifs is 1. The van der Waals surface area contributed by atoms with E-state index in [4.69, 9.17) is 19.9 Å². The zero-order valence-electron chi connectivity index (χ0n) is 25.1. The lowest BCUT2D eigenvalue weighted by molar-refractivity contribution is -0.186. The zero-order chi connectivity index (χ0) is 30.6. The second-order valence-corrected chi connectivity index (χ2v) is 12.8. The Morgan fingerprint density at radius 1 is 1.12 bits per heavy atom. The summed E-state index contributed by atoms with van der Waals surface area (Å²) in [5.41, 5.74) is 9.03. The number of rotatable bonds is 5. The normalized spacial score (nSPS) is 19.9. The summed E-state index contributed by atoms with van der Waals surface area (Å²) in [5, 5.41) is 0.854. The van der Waals surface area contributed by atoms with E-state index in [2.05, 4.69) is 4.90 Å². The number of hydrogen-bond donors (Lipinski definition) is 1. The monoisotopic (exact) mass is 583 g/mol. The first kappa shape index (κ1) is 29.8. The van der Waals surface area contributed by atoms with Gasteiger partial charge < -0.3 is 19.9 Å². The van der Waals surface area contributed by atoms with Crippen molar-refractivity contribution in [2.45, 2.75) is 77.5 Å². The van der Waals surface area contributed by atoms with Gasteiger partial charge in [0.05, 0.1) is 25.3 Å². The molecule has 0 bridgehead atoms. The minimum atomic E-state index is -2.64. The van der Waals surface area contributed by atoms with E-state index in [0.29, 0.717) is 31.7 Å². The number of aryl methyl sites for hydroxylation is 1. The number of piperidine rings is 1. The lowest BCUT2D eigenvalue weighted by atomic mass is 9.59. The van der Waals surface area contributed by atoms with Crippen molar-refractivity contribution in [3.63, 3.8) is 0 Å². The van der Waals surface area contributed by atoms with E-state index in [-0.39, 0.29) is 30.1 Å². The van der Waals surface area contributed by atoms with Crippen LogP contribution in [0.5, 0.6) is 5.75 Å². The van der Waals surface area contributed by atoms with E-state index >= 15 is 0 Å². The molecule has 1 aromatic heterocycles. The fraction of sp³-hybridized carbons (Fsp3) is 0.500. The summed E-state index contributed by atoms with van der Waals surface area (Å²) in [6.07, 6.45) is 2.16. The summed E-state index contributed by atoms with van der Waals surface area (Å²) in [7, 11) is 2.91. The van der Waals surface area contributed by atoms with Gasteiger partial charge in [0.15, 0.2) is 0 Å². The molecule has 2 aromatic carbocycles. The number of nitrogens with two attached hydrogens (primary N) is 1. The van der Waals surface area contributed by atoms with Crippen molar-refractivity contribution >= 4 is 28.7 Å². The Kier molecular flexibility index (Phi) is 7.50. The number of hydrogen-bond acceptors (Lipinski definition) is 7. The number of carbonyl (C=O) groups is 2. The van der Waals surface area contributed by atoms with Crippen molar-refractivity contribution in [1.82, 2.24) is 9.47 Å². The van der Waals surface area contributed by atoms with Crippen molar-refractivity contribution in [2.24, 2.45) is 5.41 Å². The van der Waals surface area contributed by atoms with Crippen LogP contribution in [-0.2, 0) is 16.0 Å². The number of esters is 1. The summed E-state index contributed by atoms with van der Waals surface area (Å²) in [6, 6.07) is 8.79. The summed E-state index contributed by atoms with van der Waals surface area (Å²) in [5.74, 6) is -2.50. The van der Waals surface area contributed by atoms with Crippen LogP contribution in [0.2, 0.25) is 0 Å². The minimum absolute atomic E-state index is 0.128. The van der Waals surface area contributed by atoms with Crippen LogP contribution in [0.4, 0.5) is 19.3 Å². The van der Waals surface area contributed by atoms with E-state index in [0.717, 1.165) is 27.6 Å². The Hall–Kier alpha value is -3.66. The Morgan fingerprint density at radius 2 is 1.83 bits per heavy atom. The van der Waals surface area contributed by atoms with E-state index < -0.39 is 29.0 Å². The SMILES string of the molecule is COC(=O)c1ccc(C2CC3(CCN2Cc2c(OC)cc(C)c4c2ccn4C(=O)OC(C)(C)C)CC(F)(F)C3)cc1N. The van der Waals surface area contributed by atoms with Crippen LogP contribution < -0.4 is 10.5 Å². The molecule has 1 unspecified atom stereocenters. The van der Waals surface area contributed by atoms with Gasteiger partial charge in [-0.3, -0.25) is 9.47 Å². The highest BCUT2D eigenvalue weighted by Gasteiger charge is 2.58. The third-order valence-electron chi connectivity index (χ3n) is 8.53. The van der Waals surface area contributed by atoms with Crippen LogP contribution in [0.25, 0.3) is 10.9 Å².